The second kappa shape index (κ2) is 6.78. The van der Waals surface area contributed by atoms with E-state index in [4.69, 9.17) is 0 Å². The van der Waals surface area contributed by atoms with E-state index in [0.29, 0.717) is 6.04 Å². The third-order valence-corrected chi connectivity index (χ3v) is 3.63. The average Bonchev–Trinajstić information content (AvgIpc) is 2.37. The molecule has 0 fully saturated rings. The molecule has 1 N–H and O–H groups in total. The molecule has 2 aromatic carbocycles. The topological polar surface area (TPSA) is 12.0 Å². The van der Waals surface area contributed by atoms with Gasteiger partial charge < -0.3 is 5.32 Å². The van der Waals surface area contributed by atoms with E-state index in [-0.39, 0.29) is 0 Å². The van der Waals surface area contributed by atoms with Crippen LogP contribution in [0.4, 0.5) is 5.69 Å². The second-order valence-electron chi connectivity index (χ2n) is 6.66. The number of hydrogen-bond acceptors (Lipinski definition) is 1. The highest BCUT2D eigenvalue weighted by Gasteiger charge is 2.12. The van der Waals surface area contributed by atoms with E-state index >= 15 is 0 Å². The van der Waals surface area contributed by atoms with Crippen LogP contribution in [-0.4, -0.2) is 6.04 Å². The van der Waals surface area contributed by atoms with Crippen LogP contribution in [-0.2, 0) is 0 Å². The molecule has 0 amide bonds. The lowest BCUT2D eigenvalue weighted by Crippen LogP contribution is -2.23. The Morgan fingerprint density at radius 3 is 2.00 bits per heavy atom. The standard InChI is InChI=1S/C19H27N/c1-14(2)11-19(12-15(3)4)20-18-10-9-16-7-5-6-8-17(16)13-18/h5-10,13-15,19-20H,11-12H2,1-4H3. The Morgan fingerprint density at radius 1 is 0.800 bits per heavy atom. The van der Waals surface area contributed by atoms with Gasteiger partial charge in [0.2, 0.25) is 0 Å². The van der Waals surface area contributed by atoms with Crippen molar-refractivity contribution in [2.45, 2.75) is 46.6 Å². The van der Waals surface area contributed by atoms with Crippen molar-refractivity contribution in [3.05, 3.63) is 42.5 Å². The summed E-state index contributed by atoms with van der Waals surface area (Å²) < 4.78 is 0. The Morgan fingerprint density at radius 2 is 1.40 bits per heavy atom. The lowest BCUT2D eigenvalue weighted by Gasteiger charge is -2.23. The first-order valence-corrected chi connectivity index (χ1v) is 7.80. The van der Waals surface area contributed by atoms with Crippen LogP contribution >= 0.6 is 0 Å². The molecule has 108 valence electrons. The van der Waals surface area contributed by atoms with Gasteiger partial charge in [-0.2, -0.15) is 0 Å². The highest BCUT2D eigenvalue weighted by Crippen LogP contribution is 2.22. The van der Waals surface area contributed by atoms with Gasteiger partial charge >= 0.3 is 0 Å². The molecular formula is C19H27N. The molecule has 0 aliphatic carbocycles. The van der Waals surface area contributed by atoms with Crippen LogP contribution in [0.5, 0.6) is 0 Å². The third kappa shape index (κ3) is 4.26. The lowest BCUT2D eigenvalue weighted by molar-refractivity contribution is 0.442. The Labute approximate surface area is 123 Å². The van der Waals surface area contributed by atoms with Crippen molar-refractivity contribution >= 4 is 16.5 Å². The van der Waals surface area contributed by atoms with E-state index in [1.165, 1.54) is 29.3 Å². The van der Waals surface area contributed by atoms with Gasteiger partial charge in [0.25, 0.3) is 0 Å². The summed E-state index contributed by atoms with van der Waals surface area (Å²) in [6.45, 7) is 9.20. The van der Waals surface area contributed by atoms with Gasteiger partial charge in [-0.1, -0.05) is 58.0 Å². The van der Waals surface area contributed by atoms with Gasteiger partial charge in [0, 0.05) is 11.7 Å². The van der Waals surface area contributed by atoms with E-state index < -0.39 is 0 Å². The van der Waals surface area contributed by atoms with Gasteiger partial charge in [0.05, 0.1) is 0 Å². The first-order valence-electron chi connectivity index (χ1n) is 7.80. The fraction of sp³-hybridized carbons (Fsp3) is 0.474. The van der Waals surface area contributed by atoms with Crippen molar-refractivity contribution in [2.75, 3.05) is 5.32 Å². The van der Waals surface area contributed by atoms with Crippen molar-refractivity contribution in [1.29, 1.82) is 0 Å². The molecule has 0 aliphatic heterocycles. The first kappa shape index (κ1) is 14.9. The fourth-order valence-electron chi connectivity index (χ4n) is 2.87. The Balaban J connectivity index is 2.14. The van der Waals surface area contributed by atoms with Gasteiger partial charge in [0.15, 0.2) is 0 Å². The molecule has 0 heterocycles. The molecule has 20 heavy (non-hydrogen) atoms. The van der Waals surface area contributed by atoms with E-state index in [9.17, 15) is 0 Å². The minimum absolute atomic E-state index is 0.566. The van der Waals surface area contributed by atoms with Gasteiger partial charge in [-0.25, -0.2) is 0 Å². The second-order valence-corrected chi connectivity index (χ2v) is 6.66. The molecule has 0 spiro atoms. The van der Waals surface area contributed by atoms with Crippen molar-refractivity contribution in [3.8, 4) is 0 Å². The smallest absolute Gasteiger partial charge is 0.0348 e. The molecule has 0 saturated carbocycles. The van der Waals surface area contributed by atoms with E-state index in [2.05, 4.69) is 75.5 Å². The van der Waals surface area contributed by atoms with E-state index in [1.54, 1.807) is 0 Å². The maximum absolute atomic E-state index is 3.73. The zero-order valence-electron chi connectivity index (χ0n) is 13.2. The molecule has 0 aliphatic rings. The molecule has 0 bridgehead atoms. The van der Waals surface area contributed by atoms with Gasteiger partial charge in [-0.3, -0.25) is 0 Å². The molecular weight excluding hydrogens is 242 g/mol. The first-order chi connectivity index (χ1) is 9.54. The monoisotopic (exact) mass is 269 g/mol. The number of hydrogen-bond donors (Lipinski definition) is 1. The Hall–Kier alpha value is -1.50. The summed E-state index contributed by atoms with van der Waals surface area (Å²) in [4.78, 5) is 0. The minimum Gasteiger partial charge on any atom is -0.382 e. The molecule has 0 saturated heterocycles. The fourth-order valence-corrected chi connectivity index (χ4v) is 2.87. The predicted molar refractivity (Wildman–Crippen MR) is 90.3 cm³/mol. The molecule has 0 atom stereocenters. The van der Waals surface area contributed by atoms with Crippen molar-refractivity contribution in [3.63, 3.8) is 0 Å². The SMILES string of the molecule is CC(C)CC(CC(C)C)Nc1ccc2ccccc2c1. The summed E-state index contributed by atoms with van der Waals surface area (Å²) in [7, 11) is 0. The summed E-state index contributed by atoms with van der Waals surface area (Å²) in [6, 6.07) is 15.8. The number of anilines is 1. The number of rotatable bonds is 6. The third-order valence-electron chi connectivity index (χ3n) is 3.63. The number of benzene rings is 2. The molecule has 2 aromatic rings. The number of fused-ring (bicyclic) bond motifs is 1. The summed E-state index contributed by atoms with van der Waals surface area (Å²) in [5, 5.41) is 6.35. The molecule has 1 heteroatoms. The van der Waals surface area contributed by atoms with Crippen LogP contribution in [0.1, 0.15) is 40.5 Å². The molecule has 1 nitrogen and oxygen atoms in total. The summed E-state index contributed by atoms with van der Waals surface area (Å²) in [6.07, 6.45) is 2.45. The van der Waals surface area contributed by atoms with Crippen LogP contribution in [0.25, 0.3) is 10.8 Å². The van der Waals surface area contributed by atoms with Crippen LogP contribution < -0.4 is 5.32 Å². The van der Waals surface area contributed by atoms with Gasteiger partial charge in [-0.05, 0) is 47.6 Å². The highest BCUT2D eigenvalue weighted by atomic mass is 14.9. The van der Waals surface area contributed by atoms with Crippen LogP contribution in [0, 0.1) is 11.8 Å². The summed E-state index contributed by atoms with van der Waals surface area (Å²) in [5.41, 5.74) is 1.25. The van der Waals surface area contributed by atoms with Crippen molar-refractivity contribution < 1.29 is 0 Å². The maximum atomic E-state index is 3.73. The predicted octanol–water partition coefficient (Wildman–Crippen LogP) is 5.71. The normalized spacial score (nSPS) is 11.8. The summed E-state index contributed by atoms with van der Waals surface area (Å²) in [5.74, 6) is 1.46. The van der Waals surface area contributed by atoms with E-state index in [1.807, 2.05) is 0 Å². The van der Waals surface area contributed by atoms with E-state index in [0.717, 1.165) is 11.8 Å². The lowest BCUT2D eigenvalue weighted by atomic mass is 9.95. The number of nitrogens with one attached hydrogen (secondary N) is 1. The zero-order chi connectivity index (χ0) is 14.5. The van der Waals surface area contributed by atoms with Gasteiger partial charge in [-0.15, -0.1) is 0 Å². The highest BCUT2D eigenvalue weighted by molar-refractivity contribution is 5.85. The minimum atomic E-state index is 0.566. The van der Waals surface area contributed by atoms with Gasteiger partial charge in [0.1, 0.15) is 0 Å². The summed E-state index contributed by atoms with van der Waals surface area (Å²) >= 11 is 0. The van der Waals surface area contributed by atoms with Crippen LogP contribution in [0.2, 0.25) is 0 Å². The molecule has 2 rings (SSSR count). The van der Waals surface area contributed by atoms with Crippen LogP contribution in [0.3, 0.4) is 0 Å². The quantitative estimate of drug-likeness (QED) is 0.708. The molecule has 0 radical (unpaired) electrons. The maximum Gasteiger partial charge on any atom is 0.0348 e. The Bertz CT molecular complexity index is 532. The molecule has 0 aromatic heterocycles. The average molecular weight is 269 g/mol. The zero-order valence-corrected chi connectivity index (χ0v) is 13.2. The van der Waals surface area contributed by atoms with Crippen molar-refractivity contribution in [2.24, 2.45) is 11.8 Å². The van der Waals surface area contributed by atoms with Crippen LogP contribution in [0.15, 0.2) is 42.5 Å². The Kier molecular flexibility index (Phi) is 5.05. The van der Waals surface area contributed by atoms with Crippen molar-refractivity contribution in [1.82, 2.24) is 0 Å². The molecule has 0 unspecified atom stereocenters. The largest absolute Gasteiger partial charge is 0.382 e.